The van der Waals surface area contributed by atoms with Crippen LogP contribution in [0.1, 0.15) is 41.8 Å². The fourth-order valence-corrected chi connectivity index (χ4v) is 2.47. The molecule has 1 aliphatic carbocycles. The van der Waals surface area contributed by atoms with E-state index in [9.17, 15) is 5.11 Å². The summed E-state index contributed by atoms with van der Waals surface area (Å²) >= 11 is 3.37. The van der Waals surface area contributed by atoms with E-state index in [1.807, 2.05) is 12.1 Å². The van der Waals surface area contributed by atoms with Gasteiger partial charge in [-0.2, -0.15) is 0 Å². The van der Waals surface area contributed by atoms with Crippen LogP contribution in [0.3, 0.4) is 0 Å². The van der Waals surface area contributed by atoms with Crippen LogP contribution in [-0.4, -0.2) is 5.11 Å². The number of hydrogen-bond acceptors (Lipinski definition) is 2. The van der Waals surface area contributed by atoms with E-state index < -0.39 is 6.10 Å². The maximum Gasteiger partial charge on any atom is 0.150 e. The normalized spacial score (nSPS) is 17.1. The Kier molecular flexibility index (Phi) is 2.81. The first kappa shape index (κ1) is 11.1. The van der Waals surface area contributed by atoms with Crippen LogP contribution in [0, 0.1) is 0 Å². The molecule has 1 atom stereocenters. The Hall–Kier alpha value is -1.06. The lowest BCUT2D eigenvalue weighted by molar-refractivity contribution is 0.188. The van der Waals surface area contributed by atoms with Crippen LogP contribution in [0.4, 0.5) is 0 Å². The highest BCUT2D eigenvalue weighted by molar-refractivity contribution is 9.10. The molecule has 0 saturated heterocycles. The topological polar surface area (TPSA) is 33.4 Å². The minimum Gasteiger partial charge on any atom is -0.465 e. The Bertz CT molecular complexity index is 529. The maximum absolute atomic E-state index is 10.3. The van der Waals surface area contributed by atoms with Crippen molar-refractivity contribution in [3.8, 4) is 0 Å². The molecule has 1 aromatic carbocycles. The minimum absolute atomic E-state index is 0.568. The van der Waals surface area contributed by atoms with E-state index in [1.54, 1.807) is 12.3 Å². The summed E-state index contributed by atoms with van der Waals surface area (Å²) in [6.07, 6.45) is 3.42. The van der Waals surface area contributed by atoms with Gasteiger partial charge in [-0.15, -0.1) is 0 Å². The number of rotatable bonds is 3. The van der Waals surface area contributed by atoms with Gasteiger partial charge in [-0.05, 0) is 51.9 Å². The van der Waals surface area contributed by atoms with E-state index in [0.717, 1.165) is 10.0 Å². The summed E-state index contributed by atoms with van der Waals surface area (Å²) in [7, 11) is 0. The van der Waals surface area contributed by atoms with Gasteiger partial charge in [0, 0.05) is 0 Å². The highest BCUT2D eigenvalue weighted by Crippen LogP contribution is 2.41. The Balaban J connectivity index is 1.93. The van der Waals surface area contributed by atoms with Gasteiger partial charge < -0.3 is 9.52 Å². The fourth-order valence-electron chi connectivity index (χ4n) is 2.05. The summed E-state index contributed by atoms with van der Waals surface area (Å²) < 4.78 is 6.11. The smallest absolute Gasteiger partial charge is 0.150 e. The van der Waals surface area contributed by atoms with Gasteiger partial charge in [0.25, 0.3) is 0 Å². The minimum atomic E-state index is -0.696. The van der Waals surface area contributed by atoms with Gasteiger partial charge in [-0.25, -0.2) is 0 Å². The lowest BCUT2D eigenvalue weighted by Crippen LogP contribution is -1.99. The van der Waals surface area contributed by atoms with E-state index in [-0.39, 0.29) is 0 Å². The van der Waals surface area contributed by atoms with Gasteiger partial charge in [0.1, 0.15) is 6.10 Å². The van der Waals surface area contributed by atoms with Gasteiger partial charge in [0.15, 0.2) is 5.76 Å². The number of halogens is 1. The lowest BCUT2D eigenvalue weighted by Gasteiger charge is -2.10. The van der Waals surface area contributed by atoms with Crippen LogP contribution < -0.4 is 0 Å². The molecule has 0 radical (unpaired) electrons. The van der Waals surface area contributed by atoms with E-state index in [1.165, 1.54) is 18.4 Å². The van der Waals surface area contributed by atoms with E-state index >= 15 is 0 Å². The molecule has 1 aliphatic rings. The molecule has 3 rings (SSSR count). The molecule has 1 heterocycles. The molecule has 3 heteroatoms. The lowest BCUT2D eigenvalue weighted by atomic mass is 10.0. The third-order valence-corrected chi connectivity index (χ3v) is 3.82. The van der Waals surface area contributed by atoms with Crippen molar-refractivity contribution >= 4 is 15.9 Å². The largest absolute Gasteiger partial charge is 0.465 e. The zero-order chi connectivity index (χ0) is 11.8. The standard InChI is InChI=1S/C14H13BrO2/c15-12-6-7-17-14(12)13(16)11-3-1-2-10(8-11)9-4-5-9/h1-3,6-9,13,16H,4-5H2. The Labute approximate surface area is 108 Å². The molecule has 2 aromatic rings. The van der Waals surface area contributed by atoms with E-state index in [0.29, 0.717) is 11.7 Å². The number of hydrogen-bond donors (Lipinski definition) is 1. The number of aliphatic hydroxyl groups excluding tert-OH is 1. The van der Waals surface area contributed by atoms with Crippen molar-refractivity contribution in [3.63, 3.8) is 0 Å². The summed E-state index contributed by atoms with van der Waals surface area (Å²) in [6.45, 7) is 0. The molecule has 17 heavy (non-hydrogen) atoms. The zero-order valence-electron chi connectivity index (χ0n) is 9.27. The molecule has 1 saturated carbocycles. The number of furan rings is 1. The molecule has 2 nitrogen and oxygen atoms in total. The second-order valence-electron chi connectivity index (χ2n) is 4.48. The average molecular weight is 293 g/mol. The first-order chi connectivity index (χ1) is 8.25. The molecule has 88 valence electrons. The second kappa shape index (κ2) is 4.31. The molecule has 1 unspecified atom stereocenters. The Morgan fingerprint density at radius 2 is 2.12 bits per heavy atom. The molecule has 0 amide bonds. The summed E-state index contributed by atoms with van der Waals surface area (Å²) in [5.74, 6) is 1.26. The highest BCUT2D eigenvalue weighted by Gasteiger charge is 2.25. The Morgan fingerprint density at radius 1 is 1.29 bits per heavy atom. The third-order valence-electron chi connectivity index (χ3n) is 3.17. The van der Waals surface area contributed by atoms with Crippen LogP contribution >= 0.6 is 15.9 Å². The first-order valence-corrected chi connectivity index (χ1v) is 6.56. The predicted molar refractivity (Wildman–Crippen MR) is 68.9 cm³/mol. The van der Waals surface area contributed by atoms with Crippen molar-refractivity contribution in [2.75, 3.05) is 0 Å². The predicted octanol–water partition coefficient (Wildman–Crippen LogP) is 4.00. The number of benzene rings is 1. The molecular formula is C14H13BrO2. The number of aliphatic hydroxyl groups is 1. The van der Waals surface area contributed by atoms with Crippen molar-refractivity contribution in [3.05, 3.63) is 58.0 Å². The molecule has 1 aromatic heterocycles. The van der Waals surface area contributed by atoms with E-state index in [2.05, 4.69) is 28.1 Å². The fraction of sp³-hybridized carbons (Fsp3) is 0.286. The average Bonchev–Trinajstić information content (AvgIpc) is 3.12. The van der Waals surface area contributed by atoms with Crippen LogP contribution in [0.15, 0.2) is 45.5 Å². The molecule has 0 spiro atoms. The monoisotopic (exact) mass is 292 g/mol. The van der Waals surface area contributed by atoms with Crippen molar-refractivity contribution in [1.29, 1.82) is 0 Å². The van der Waals surface area contributed by atoms with Gasteiger partial charge in [0.05, 0.1) is 10.7 Å². The van der Waals surface area contributed by atoms with Crippen molar-refractivity contribution in [2.24, 2.45) is 0 Å². The first-order valence-electron chi connectivity index (χ1n) is 5.76. The van der Waals surface area contributed by atoms with Gasteiger partial charge >= 0.3 is 0 Å². The van der Waals surface area contributed by atoms with Crippen LogP contribution in [-0.2, 0) is 0 Å². The molecule has 1 fully saturated rings. The van der Waals surface area contributed by atoms with Crippen molar-refractivity contribution in [1.82, 2.24) is 0 Å². The molecule has 0 aliphatic heterocycles. The van der Waals surface area contributed by atoms with Gasteiger partial charge in [0.2, 0.25) is 0 Å². The van der Waals surface area contributed by atoms with Gasteiger partial charge in [-0.1, -0.05) is 24.3 Å². The summed E-state index contributed by atoms with van der Waals surface area (Å²) in [4.78, 5) is 0. The van der Waals surface area contributed by atoms with Crippen molar-refractivity contribution < 1.29 is 9.52 Å². The van der Waals surface area contributed by atoms with Gasteiger partial charge in [-0.3, -0.25) is 0 Å². The summed E-state index contributed by atoms with van der Waals surface area (Å²) in [6, 6.07) is 9.94. The zero-order valence-corrected chi connectivity index (χ0v) is 10.9. The van der Waals surface area contributed by atoms with Crippen LogP contribution in [0.25, 0.3) is 0 Å². The highest BCUT2D eigenvalue weighted by atomic mass is 79.9. The summed E-state index contributed by atoms with van der Waals surface area (Å²) in [5.41, 5.74) is 2.22. The molecule has 1 N–H and O–H groups in total. The third kappa shape index (κ3) is 2.17. The van der Waals surface area contributed by atoms with Crippen LogP contribution in [0.2, 0.25) is 0 Å². The molecule has 0 bridgehead atoms. The molecular weight excluding hydrogens is 280 g/mol. The van der Waals surface area contributed by atoms with Crippen LogP contribution in [0.5, 0.6) is 0 Å². The SMILES string of the molecule is OC(c1cccc(C2CC2)c1)c1occc1Br. The maximum atomic E-state index is 10.3. The second-order valence-corrected chi connectivity index (χ2v) is 5.33. The van der Waals surface area contributed by atoms with E-state index in [4.69, 9.17) is 4.42 Å². The van der Waals surface area contributed by atoms with Crippen molar-refractivity contribution in [2.45, 2.75) is 24.9 Å². The summed E-state index contributed by atoms with van der Waals surface area (Å²) in [5, 5.41) is 10.3. The Morgan fingerprint density at radius 3 is 2.76 bits per heavy atom. The quantitative estimate of drug-likeness (QED) is 0.928.